The maximum absolute atomic E-state index is 13.0. The van der Waals surface area contributed by atoms with Crippen molar-refractivity contribution in [3.05, 3.63) is 66.0 Å². The first kappa shape index (κ1) is 16.8. The molecule has 0 radical (unpaired) electrons. The van der Waals surface area contributed by atoms with E-state index in [1.54, 1.807) is 24.5 Å². The summed E-state index contributed by atoms with van der Waals surface area (Å²) in [7, 11) is 0. The van der Waals surface area contributed by atoms with Gasteiger partial charge in [-0.25, -0.2) is 0 Å². The molecule has 2 aliphatic heterocycles. The summed E-state index contributed by atoms with van der Waals surface area (Å²) in [6.07, 6.45) is 5.32. The third kappa shape index (κ3) is 2.77. The second kappa shape index (κ2) is 6.56. The first-order valence-electron chi connectivity index (χ1n) is 9.15. The third-order valence-electron chi connectivity index (χ3n) is 5.86. The van der Waals surface area contributed by atoms with Crippen molar-refractivity contribution in [3.8, 4) is 0 Å². The molecule has 2 amide bonds. The summed E-state index contributed by atoms with van der Waals surface area (Å²) in [5.41, 5.74) is 1.42. The van der Waals surface area contributed by atoms with Crippen LogP contribution >= 0.6 is 0 Å². The van der Waals surface area contributed by atoms with Gasteiger partial charge in [0.2, 0.25) is 5.91 Å². The summed E-state index contributed by atoms with van der Waals surface area (Å²) in [5, 5.41) is 0. The van der Waals surface area contributed by atoms with Crippen LogP contribution in [0.15, 0.2) is 54.9 Å². The van der Waals surface area contributed by atoms with Gasteiger partial charge in [0.15, 0.2) is 0 Å². The number of rotatable bonds is 3. The number of carbonyl (C=O) groups excluding carboxylic acids is 2. The zero-order valence-corrected chi connectivity index (χ0v) is 15.0. The van der Waals surface area contributed by atoms with Crippen molar-refractivity contribution >= 4 is 11.8 Å². The zero-order chi connectivity index (χ0) is 18.1. The van der Waals surface area contributed by atoms with Crippen LogP contribution in [0.5, 0.6) is 0 Å². The first-order valence-corrected chi connectivity index (χ1v) is 9.15. The lowest BCUT2D eigenvalue weighted by atomic mass is 9.83. The topological polar surface area (TPSA) is 53.5 Å². The molecule has 2 aliphatic rings. The normalized spacial score (nSPS) is 25.3. The first-order chi connectivity index (χ1) is 12.6. The molecule has 0 bridgehead atoms. The molecule has 1 aromatic heterocycles. The Kier molecular flexibility index (Phi) is 4.23. The van der Waals surface area contributed by atoms with Crippen molar-refractivity contribution in [1.29, 1.82) is 0 Å². The number of fused-ring (bicyclic) bond motifs is 1. The Morgan fingerprint density at radius 3 is 2.77 bits per heavy atom. The SMILES string of the molecule is C[C@]12CCN(C(=O)c3cccnc3)[C@H]1CCC(=O)N2Cc1ccccc1. The number of likely N-dealkylation sites (tertiary alicyclic amines) is 2. The molecule has 0 saturated carbocycles. The quantitative estimate of drug-likeness (QED) is 0.856. The number of nitrogens with zero attached hydrogens (tertiary/aromatic N) is 3. The molecule has 5 heteroatoms. The molecule has 0 spiro atoms. The number of amides is 2. The van der Waals surface area contributed by atoms with Crippen LogP contribution < -0.4 is 0 Å². The maximum atomic E-state index is 13.0. The fourth-order valence-corrected chi connectivity index (χ4v) is 4.40. The van der Waals surface area contributed by atoms with Gasteiger partial charge in [0.25, 0.3) is 5.91 Å². The smallest absolute Gasteiger partial charge is 0.255 e. The number of hydrogen-bond donors (Lipinski definition) is 0. The van der Waals surface area contributed by atoms with Crippen LogP contribution in [0.1, 0.15) is 42.1 Å². The highest BCUT2D eigenvalue weighted by atomic mass is 16.2. The van der Waals surface area contributed by atoms with Gasteiger partial charge in [-0.1, -0.05) is 30.3 Å². The van der Waals surface area contributed by atoms with E-state index in [1.807, 2.05) is 40.1 Å². The molecule has 2 aromatic rings. The second-order valence-corrected chi connectivity index (χ2v) is 7.37. The summed E-state index contributed by atoms with van der Waals surface area (Å²) in [4.78, 5) is 33.7. The predicted octanol–water partition coefficient (Wildman–Crippen LogP) is 2.88. The van der Waals surface area contributed by atoms with Crippen LogP contribution in [0.4, 0.5) is 0 Å². The highest BCUT2D eigenvalue weighted by Crippen LogP contribution is 2.41. The van der Waals surface area contributed by atoms with E-state index in [2.05, 4.69) is 11.9 Å². The van der Waals surface area contributed by atoms with E-state index < -0.39 is 0 Å². The Labute approximate surface area is 153 Å². The number of pyridine rings is 1. The van der Waals surface area contributed by atoms with Crippen LogP contribution in [0.2, 0.25) is 0 Å². The number of aromatic nitrogens is 1. The molecule has 5 nitrogen and oxygen atoms in total. The van der Waals surface area contributed by atoms with Crippen molar-refractivity contribution in [3.63, 3.8) is 0 Å². The summed E-state index contributed by atoms with van der Waals surface area (Å²) < 4.78 is 0. The average Bonchev–Trinajstić information content (AvgIpc) is 3.03. The van der Waals surface area contributed by atoms with Gasteiger partial charge in [0.1, 0.15) is 0 Å². The molecule has 0 aliphatic carbocycles. The van der Waals surface area contributed by atoms with E-state index in [4.69, 9.17) is 0 Å². The summed E-state index contributed by atoms with van der Waals surface area (Å²) >= 11 is 0. The molecular formula is C21H23N3O2. The van der Waals surface area contributed by atoms with E-state index >= 15 is 0 Å². The van der Waals surface area contributed by atoms with Crippen molar-refractivity contribution in [1.82, 2.24) is 14.8 Å². The van der Waals surface area contributed by atoms with E-state index in [0.717, 1.165) is 18.4 Å². The van der Waals surface area contributed by atoms with Crippen LogP contribution in [-0.2, 0) is 11.3 Å². The number of piperidine rings is 1. The highest BCUT2D eigenvalue weighted by molar-refractivity contribution is 5.94. The van der Waals surface area contributed by atoms with Gasteiger partial charge in [-0.3, -0.25) is 14.6 Å². The zero-order valence-electron chi connectivity index (χ0n) is 15.0. The van der Waals surface area contributed by atoms with Gasteiger partial charge in [0.05, 0.1) is 17.1 Å². The lowest BCUT2D eigenvalue weighted by Gasteiger charge is -2.47. The number of hydrogen-bond acceptors (Lipinski definition) is 3. The minimum atomic E-state index is -0.316. The molecule has 1 aromatic carbocycles. The minimum absolute atomic E-state index is 0.0147. The third-order valence-corrected chi connectivity index (χ3v) is 5.86. The molecule has 3 heterocycles. The van der Waals surface area contributed by atoms with Crippen LogP contribution in [-0.4, -0.2) is 44.7 Å². The van der Waals surface area contributed by atoms with Gasteiger partial charge in [-0.2, -0.15) is 0 Å². The average molecular weight is 349 g/mol. The molecule has 4 rings (SSSR count). The van der Waals surface area contributed by atoms with Crippen LogP contribution in [0.25, 0.3) is 0 Å². The summed E-state index contributed by atoms with van der Waals surface area (Å²) in [6.45, 7) is 3.41. The fraction of sp³-hybridized carbons (Fsp3) is 0.381. The van der Waals surface area contributed by atoms with E-state index in [0.29, 0.717) is 25.1 Å². The van der Waals surface area contributed by atoms with Gasteiger partial charge in [-0.05, 0) is 37.5 Å². The molecule has 0 unspecified atom stereocenters. The Hall–Kier alpha value is -2.69. The standard InChI is InChI=1S/C21H23N3O2/c1-21-11-13-23(20(26)17-8-5-12-22-14-17)18(21)9-10-19(25)24(21)15-16-6-3-2-4-7-16/h2-8,12,14,18H,9-11,13,15H2,1H3/t18-,21-/m0/s1. The maximum Gasteiger partial charge on any atom is 0.255 e. The highest BCUT2D eigenvalue weighted by Gasteiger charge is 2.53. The molecule has 2 saturated heterocycles. The molecule has 26 heavy (non-hydrogen) atoms. The van der Waals surface area contributed by atoms with Crippen LogP contribution in [0.3, 0.4) is 0 Å². The molecule has 134 valence electrons. The fourth-order valence-electron chi connectivity index (χ4n) is 4.40. The van der Waals surface area contributed by atoms with Crippen molar-refractivity contribution in [2.75, 3.05) is 6.54 Å². The summed E-state index contributed by atoms with van der Waals surface area (Å²) in [5.74, 6) is 0.198. The number of benzene rings is 1. The van der Waals surface area contributed by atoms with Gasteiger partial charge < -0.3 is 9.80 Å². The summed E-state index contributed by atoms with van der Waals surface area (Å²) in [6, 6.07) is 13.7. The van der Waals surface area contributed by atoms with Gasteiger partial charge >= 0.3 is 0 Å². The Bertz CT molecular complexity index is 809. The number of carbonyl (C=O) groups is 2. The van der Waals surface area contributed by atoms with Gasteiger partial charge in [-0.15, -0.1) is 0 Å². The molecule has 2 atom stereocenters. The predicted molar refractivity (Wildman–Crippen MR) is 98.3 cm³/mol. The Morgan fingerprint density at radius 1 is 1.23 bits per heavy atom. The van der Waals surface area contributed by atoms with Crippen molar-refractivity contribution in [2.24, 2.45) is 0 Å². The largest absolute Gasteiger partial charge is 0.333 e. The Morgan fingerprint density at radius 2 is 2.04 bits per heavy atom. The monoisotopic (exact) mass is 349 g/mol. The second-order valence-electron chi connectivity index (χ2n) is 7.37. The van der Waals surface area contributed by atoms with E-state index in [9.17, 15) is 9.59 Å². The molecule has 2 fully saturated rings. The Balaban J connectivity index is 1.60. The minimum Gasteiger partial charge on any atom is -0.333 e. The molecule has 0 N–H and O–H groups in total. The van der Waals surface area contributed by atoms with Gasteiger partial charge in [0, 0.05) is 31.9 Å². The van der Waals surface area contributed by atoms with E-state index in [1.165, 1.54) is 0 Å². The lowest BCUT2D eigenvalue weighted by Crippen LogP contribution is -2.60. The van der Waals surface area contributed by atoms with E-state index in [-0.39, 0.29) is 23.4 Å². The van der Waals surface area contributed by atoms with Crippen molar-refractivity contribution < 1.29 is 9.59 Å². The van der Waals surface area contributed by atoms with Crippen molar-refractivity contribution in [2.45, 2.75) is 44.3 Å². The molecular weight excluding hydrogens is 326 g/mol. The van der Waals surface area contributed by atoms with Crippen LogP contribution in [0, 0.1) is 0 Å². The lowest BCUT2D eigenvalue weighted by molar-refractivity contribution is -0.144.